The lowest BCUT2D eigenvalue weighted by molar-refractivity contribution is 0.104. The zero-order valence-corrected chi connectivity index (χ0v) is 10.8. The highest BCUT2D eigenvalue weighted by atomic mass is 19.1. The third kappa shape index (κ3) is 2.63. The van der Waals surface area contributed by atoms with E-state index in [-0.39, 0.29) is 18.1 Å². The Labute approximate surface area is 119 Å². The summed E-state index contributed by atoms with van der Waals surface area (Å²) >= 11 is 0. The molecule has 0 amide bonds. The van der Waals surface area contributed by atoms with Gasteiger partial charge in [-0.25, -0.2) is 8.78 Å². The Hall–Kier alpha value is -2.69. The maximum absolute atomic E-state index is 13.4. The molecule has 0 atom stereocenters. The Kier molecular flexibility index (Phi) is 3.39. The molecule has 0 saturated heterocycles. The predicted molar refractivity (Wildman–Crippen MR) is 72.3 cm³/mol. The number of hydrogen-bond acceptors (Lipinski definition) is 3. The van der Waals surface area contributed by atoms with Crippen molar-refractivity contribution in [2.75, 3.05) is 6.79 Å². The van der Waals surface area contributed by atoms with Gasteiger partial charge in [0.25, 0.3) is 0 Å². The van der Waals surface area contributed by atoms with E-state index in [0.717, 1.165) is 24.3 Å². The van der Waals surface area contributed by atoms with E-state index in [2.05, 4.69) is 0 Å². The van der Waals surface area contributed by atoms with Crippen molar-refractivity contribution in [1.82, 2.24) is 0 Å². The van der Waals surface area contributed by atoms with Crippen LogP contribution in [-0.4, -0.2) is 12.6 Å². The van der Waals surface area contributed by atoms with Gasteiger partial charge in [0.05, 0.1) is 0 Å². The molecule has 1 aliphatic rings. The Morgan fingerprint density at radius 1 is 1.05 bits per heavy atom. The van der Waals surface area contributed by atoms with Crippen LogP contribution in [0.15, 0.2) is 42.5 Å². The molecule has 3 rings (SSSR count). The summed E-state index contributed by atoms with van der Waals surface area (Å²) in [6, 6.07) is 8.25. The molecule has 106 valence electrons. The highest BCUT2D eigenvalue weighted by Gasteiger charge is 2.15. The average molecular weight is 288 g/mol. The lowest BCUT2D eigenvalue weighted by Gasteiger charge is -2.00. The zero-order chi connectivity index (χ0) is 14.8. The monoisotopic (exact) mass is 288 g/mol. The number of rotatable bonds is 3. The highest BCUT2D eigenvalue weighted by molar-refractivity contribution is 6.07. The van der Waals surface area contributed by atoms with Gasteiger partial charge in [0, 0.05) is 11.1 Å². The number of carbonyl (C=O) groups excluding carboxylic acids is 1. The molecule has 0 unspecified atom stereocenters. The van der Waals surface area contributed by atoms with Gasteiger partial charge < -0.3 is 9.47 Å². The molecule has 0 spiro atoms. The fraction of sp³-hybridized carbons (Fsp3) is 0.0625. The van der Waals surface area contributed by atoms with E-state index in [9.17, 15) is 13.6 Å². The van der Waals surface area contributed by atoms with Crippen molar-refractivity contribution in [3.05, 3.63) is 65.2 Å². The van der Waals surface area contributed by atoms with Gasteiger partial charge in [0.1, 0.15) is 11.6 Å². The molecule has 21 heavy (non-hydrogen) atoms. The molecule has 0 fully saturated rings. The largest absolute Gasteiger partial charge is 0.454 e. The van der Waals surface area contributed by atoms with E-state index < -0.39 is 11.6 Å². The summed E-state index contributed by atoms with van der Waals surface area (Å²) in [6.07, 6.45) is 2.25. The van der Waals surface area contributed by atoms with Gasteiger partial charge in [0.2, 0.25) is 6.79 Å². The van der Waals surface area contributed by atoms with Crippen molar-refractivity contribution in [3.8, 4) is 11.5 Å². The molecule has 0 aliphatic carbocycles. The van der Waals surface area contributed by atoms with E-state index in [1.54, 1.807) is 12.1 Å². The Balaban J connectivity index is 1.85. The quantitative estimate of drug-likeness (QED) is 0.639. The van der Waals surface area contributed by atoms with Crippen LogP contribution >= 0.6 is 0 Å². The summed E-state index contributed by atoms with van der Waals surface area (Å²) in [7, 11) is 0. The highest BCUT2D eigenvalue weighted by Crippen LogP contribution is 2.32. The van der Waals surface area contributed by atoms with E-state index in [4.69, 9.17) is 9.47 Å². The zero-order valence-electron chi connectivity index (χ0n) is 10.8. The number of benzene rings is 2. The van der Waals surface area contributed by atoms with Crippen LogP contribution in [0.5, 0.6) is 11.5 Å². The predicted octanol–water partition coefficient (Wildman–Crippen LogP) is 3.59. The Morgan fingerprint density at radius 3 is 2.52 bits per heavy atom. The van der Waals surface area contributed by atoms with Crippen LogP contribution in [0, 0.1) is 11.6 Å². The minimum Gasteiger partial charge on any atom is -0.454 e. The van der Waals surface area contributed by atoms with Crippen molar-refractivity contribution in [3.63, 3.8) is 0 Å². The van der Waals surface area contributed by atoms with Crippen LogP contribution in [0.2, 0.25) is 0 Å². The normalized spacial score (nSPS) is 12.9. The molecular formula is C16H10F2O3. The van der Waals surface area contributed by atoms with Gasteiger partial charge in [-0.2, -0.15) is 0 Å². The summed E-state index contributed by atoms with van der Waals surface area (Å²) < 4.78 is 37.2. The Morgan fingerprint density at radius 2 is 1.76 bits per heavy atom. The number of halogens is 2. The molecule has 1 heterocycles. The molecule has 0 aromatic heterocycles. The number of carbonyl (C=O) groups is 1. The minimum atomic E-state index is -0.718. The summed E-state index contributed by atoms with van der Waals surface area (Å²) in [4.78, 5) is 12.0. The second kappa shape index (κ2) is 5.36. The van der Waals surface area contributed by atoms with Gasteiger partial charge in [-0.3, -0.25) is 4.79 Å². The minimum absolute atomic E-state index is 0.114. The van der Waals surface area contributed by atoms with Gasteiger partial charge in [-0.1, -0.05) is 6.07 Å². The van der Waals surface area contributed by atoms with Crippen molar-refractivity contribution >= 4 is 11.9 Å². The van der Waals surface area contributed by atoms with Crippen LogP contribution in [0.1, 0.15) is 15.9 Å². The Bertz CT molecular complexity index is 718. The average Bonchev–Trinajstić information content (AvgIpc) is 2.93. The molecule has 0 N–H and O–H groups in total. The van der Waals surface area contributed by atoms with Crippen LogP contribution < -0.4 is 9.47 Å². The number of ether oxygens (including phenoxy) is 2. The topological polar surface area (TPSA) is 35.5 Å². The molecule has 0 radical (unpaired) electrons. The first-order valence-electron chi connectivity index (χ1n) is 6.21. The second-order valence-corrected chi connectivity index (χ2v) is 4.40. The summed E-state index contributed by atoms with van der Waals surface area (Å²) in [5.41, 5.74) is 0.110. The standard InChI is InChI=1S/C16H10F2O3/c17-12-2-1-3-13(18)11(12)5-6-14(19)10-4-7-15-16(8-10)21-9-20-15/h1-8H,9H2/b6-5+. The van der Waals surface area contributed by atoms with Crippen molar-refractivity contribution < 1.29 is 23.0 Å². The van der Waals surface area contributed by atoms with E-state index in [1.165, 1.54) is 12.1 Å². The first kappa shape index (κ1) is 13.3. The van der Waals surface area contributed by atoms with Gasteiger partial charge in [-0.15, -0.1) is 0 Å². The molecule has 1 aliphatic heterocycles. The van der Waals surface area contributed by atoms with Crippen LogP contribution in [-0.2, 0) is 0 Å². The lowest BCUT2D eigenvalue weighted by atomic mass is 10.1. The first-order valence-corrected chi connectivity index (χ1v) is 6.21. The maximum Gasteiger partial charge on any atom is 0.231 e. The lowest BCUT2D eigenvalue weighted by Crippen LogP contribution is -1.95. The summed E-state index contributed by atoms with van der Waals surface area (Å²) in [6.45, 7) is 0.114. The fourth-order valence-electron chi connectivity index (χ4n) is 1.97. The van der Waals surface area contributed by atoms with Crippen molar-refractivity contribution in [1.29, 1.82) is 0 Å². The van der Waals surface area contributed by atoms with Crippen LogP contribution in [0.3, 0.4) is 0 Å². The van der Waals surface area contributed by atoms with E-state index in [0.29, 0.717) is 17.1 Å². The molecule has 0 bridgehead atoms. The molecule has 3 nitrogen and oxygen atoms in total. The van der Waals surface area contributed by atoms with Crippen molar-refractivity contribution in [2.24, 2.45) is 0 Å². The number of hydrogen-bond donors (Lipinski definition) is 0. The van der Waals surface area contributed by atoms with Gasteiger partial charge >= 0.3 is 0 Å². The number of ketones is 1. The first-order chi connectivity index (χ1) is 10.1. The third-order valence-corrected chi connectivity index (χ3v) is 3.06. The summed E-state index contributed by atoms with van der Waals surface area (Å²) in [5.74, 6) is -0.771. The second-order valence-electron chi connectivity index (χ2n) is 4.40. The van der Waals surface area contributed by atoms with E-state index >= 15 is 0 Å². The smallest absolute Gasteiger partial charge is 0.231 e. The summed E-state index contributed by atoms with van der Waals surface area (Å²) in [5, 5.41) is 0. The molecule has 0 saturated carbocycles. The maximum atomic E-state index is 13.4. The molecular weight excluding hydrogens is 278 g/mol. The number of allylic oxidation sites excluding steroid dienone is 1. The number of fused-ring (bicyclic) bond motifs is 1. The fourth-order valence-corrected chi connectivity index (χ4v) is 1.97. The molecule has 2 aromatic rings. The van der Waals surface area contributed by atoms with Crippen molar-refractivity contribution in [2.45, 2.75) is 0 Å². The van der Waals surface area contributed by atoms with E-state index in [1.807, 2.05) is 0 Å². The van der Waals surface area contributed by atoms with Gasteiger partial charge in [-0.05, 0) is 42.5 Å². The van der Waals surface area contributed by atoms with Gasteiger partial charge in [0.15, 0.2) is 17.3 Å². The van der Waals surface area contributed by atoms with Crippen LogP contribution in [0.25, 0.3) is 6.08 Å². The third-order valence-electron chi connectivity index (χ3n) is 3.06. The van der Waals surface area contributed by atoms with Crippen LogP contribution in [0.4, 0.5) is 8.78 Å². The molecule has 2 aromatic carbocycles. The molecule has 5 heteroatoms. The SMILES string of the molecule is O=C(/C=C/c1c(F)cccc1F)c1ccc2c(c1)OCO2.